The standard InChI is InChI=1S/C17H18O2.CHNO/c1-13-8-9-14(2)17(10-13)19-12-16(11-18)15-6-4-3-5-7-15;1-2-3-1/h3-11,16H,12H2,1-2H3;1H. The van der Waals surface area contributed by atoms with Crippen molar-refractivity contribution in [2.75, 3.05) is 6.61 Å². The van der Waals surface area contributed by atoms with Gasteiger partial charge in [-0.3, -0.25) is 0 Å². The number of oxime groups is 1. The molecule has 0 spiro atoms. The minimum atomic E-state index is -0.221. The lowest BCUT2D eigenvalue weighted by Crippen LogP contribution is -2.12. The first-order chi connectivity index (χ1) is 10.7. The maximum atomic E-state index is 11.2. The number of benzene rings is 2. The predicted molar refractivity (Wildman–Crippen MR) is 86.2 cm³/mol. The molecule has 0 bridgehead atoms. The van der Waals surface area contributed by atoms with Crippen LogP contribution < -0.4 is 4.74 Å². The molecule has 22 heavy (non-hydrogen) atoms. The van der Waals surface area contributed by atoms with Crippen molar-refractivity contribution < 1.29 is 14.4 Å². The highest BCUT2D eigenvalue weighted by molar-refractivity contribution is 5.62. The molecule has 0 aromatic heterocycles. The van der Waals surface area contributed by atoms with Crippen molar-refractivity contribution in [2.24, 2.45) is 5.16 Å². The highest BCUT2D eigenvalue weighted by atomic mass is 16.7. The molecule has 4 heteroatoms. The molecule has 0 saturated heterocycles. The van der Waals surface area contributed by atoms with Crippen molar-refractivity contribution in [3.05, 3.63) is 65.2 Å². The summed E-state index contributed by atoms with van der Waals surface area (Å²) in [5.41, 5.74) is 3.23. The summed E-state index contributed by atoms with van der Waals surface area (Å²) in [7, 11) is 0. The number of ether oxygens (including phenoxy) is 1. The second-order valence-corrected chi connectivity index (χ2v) is 5.05. The van der Waals surface area contributed by atoms with E-state index in [9.17, 15) is 4.79 Å². The molecular formula is C18H19NO3. The van der Waals surface area contributed by atoms with Gasteiger partial charge >= 0.3 is 0 Å². The average Bonchev–Trinajstić information content (AvgIpc) is 3.41. The number of rotatable bonds is 5. The van der Waals surface area contributed by atoms with Crippen LogP contribution in [0.4, 0.5) is 0 Å². The van der Waals surface area contributed by atoms with Gasteiger partial charge < -0.3 is 14.4 Å². The van der Waals surface area contributed by atoms with E-state index in [1.807, 2.05) is 56.3 Å². The molecule has 0 aliphatic carbocycles. The van der Waals surface area contributed by atoms with E-state index in [-0.39, 0.29) is 5.92 Å². The molecule has 114 valence electrons. The van der Waals surface area contributed by atoms with E-state index in [0.29, 0.717) is 6.61 Å². The summed E-state index contributed by atoms with van der Waals surface area (Å²) < 4.78 is 5.79. The van der Waals surface area contributed by atoms with Crippen molar-refractivity contribution in [3.63, 3.8) is 0 Å². The monoisotopic (exact) mass is 297 g/mol. The van der Waals surface area contributed by atoms with Gasteiger partial charge in [0.2, 0.25) is 6.40 Å². The number of carbonyl (C=O) groups is 1. The fourth-order valence-corrected chi connectivity index (χ4v) is 1.96. The third kappa shape index (κ3) is 5.05. The van der Waals surface area contributed by atoms with Crippen LogP contribution in [-0.2, 0) is 9.63 Å². The van der Waals surface area contributed by atoms with E-state index in [1.165, 1.54) is 6.40 Å². The Morgan fingerprint density at radius 2 is 1.86 bits per heavy atom. The lowest BCUT2D eigenvalue weighted by atomic mass is 10.0. The molecule has 1 unspecified atom stereocenters. The molecule has 1 atom stereocenters. The van der Waals surface area contributed by atoms with Crippen LogP contribution in [0.1, 0.15) is 22.6 Å². The van der Waals surface area contributed by atoms with Crippen molar-refractivity contribution >= 4 is 12.7 Å². The summed E-state index contributed by atoms with van der Waals surface area (Å²) in [5, 5.41) is 3.12. The van der Waals surface area contributed by atoms with E-state index in [1.54, 1.807) is 0 Å². The van der Waals surface area contributed by atoms with E-state index < -0.39 is 0 Å². The normalized spacial score (nSPS) is 12.5. The average molecular weight is 297 g/mol. The van der Waals surface area contributed by atoms with E-state index in [0.717, 1.165) is 28.7 Å². The van der Waals surface area contributed by atoms with Gasteiger partial charge in [0.05, 0.1) is 5.92 Å². The summed E-state index contributed by atoms with van der Waals surface area (Å²) in [6.45, 7) is 4.41. The number of nitrogens with zero attached hydrogens (tertiary/aromatic N) is 1. The van der Waals surface area contributed by atoms with Gasteiger partial charge in [0.15, 0.2) is 0 Å². The highest BCUT2D eigenvalue weighted by Crippen LogP contribution is 2.21. The zero-order valence-corrected chi connectivity index (χ0v) is 12.7. The Balaban J connectivity index is 0.000000523. The van der Waals surface area contributed by atoms with Crippen molar-refractivity contribution in [1.82, 2.24) is 0 Å². The maximum absolute atomic E-state index is 11.2. The first-order valence-electron chi connectivity index (χ1n) is 7.08. The molecule has 0 N–H and O–H groups in total. The summed E-state index contributed by atoms with van der Waals surface area (Å²) in [5.74, 6) is 0.629. The lowest BCUT2D eigenvalue weighted by Gasteiger charge is -2.14. The molecule has 3 rings (SSSR count). The summed E-state index contributed by atoms with van der Waals surface area (Å²) in [6, 6.07) is 15.8. The zero-order valence-electron chi connectivity index (χ0n) is 12.7. The minimum absolute atomic E-state index is 0.221. The van der Waals surface area contributed by atoms with Gasteiger partial charge in [-0.2, -0.15) is 0 Å². The van der Waals surface area contributed by atoms with E-state index in [4.69, 9.17) is 4.74 Å². The molecule has 1 heterocycles. The quantitative estimate of drug-likeness (QED) is 0.792. The topological polar surface area (TPSA) is 51.2 Å². The van der Waals surface area contributed by atoms with Gasteiger partial charge in [-0.15, -0.1) is 0 Å². The van der Waals surface area contributed by atoms with E-state index >= 15 is 0 Å². The molecule has 0 fully saturated rings. The molecule has 0 saturated carbocycles. The van der Waals surface area contributed by atoms with Crippen molar-refractivity contribution in [2.45, 2.75) is 19.8 Å². The van der Waals surface area contributed by atoms with Gasteiger partial charge in [-0.05, 0) is 41.8 Å². The Morgan fingerprint density at radius 1 is 1.18 bits per heavy atom. The molecule has 4 nitrogen and oxygen atoms in total. The Hall–Kier alpha value is -2.62. The Bertz CT molecular complexity index is 634. The van der Waals surface area contributed by atoms with Crippen LogP contribution in [0.25, 0.3) is 0 Å². The van der Waals surface area contributed by atoms with Gasteiger partial charge in [0.1, 0.15) is 18.6 Å². The van der Waals surface area contributed by atoms with Crippen LogP contribution in [-0.4, -0.2) is 19.3 Å². The number of hydrogen-bond acceptors (Lipinski definition) is 4. The van der Waals surface area contributed by atoms with E-state index in [2.05, 4.69) is 16.1 Å². The number of carbonyl (C=O) groups excluding carboxylic acids is 1. The summed E-state index contributed by atoms with van der Waals surface area (Å²) >= 11 is 0. The first-order valence-corrected chi connectivity index (χ1v) is 7.08. The number of hydrogen-bond donors (Lipinski definition) is 0. The lowest BCUT2D eigenvalue weighted by molar-refractivity contribution is -0.109. The Kier molecular flexibility index (Phi) is 5.72. The fraction of sp³-hybridized carbons (Fsp3) is 0.222. The van der Waals surface area contributed by atoms with Gasteiger partial charge in [-0.25, -0.2) is 0 Å². The van der Waals surface area contributed by atoms with Gasteiger partial charge in [0.25, 0.3) is 0 Å². The predicted octanol–water partition coefficient (Wildman–Crippen LogP) is 3.62. The maximum Gasteiger partial charge on any atom is 0.249 e. The molecule has 0 amide bonds. The van der Waals surface area contributed by atoms with Crippen LogP contribution in [0.5, 0.6) is 5.75 Å². The SMILES string of the molecule is C1=NO1.Cc1ccc(C)c(OCC(C=O)c2ccccc2)c1. The van der Waals surface area contributed by atoms with Crippen LogP contribution in [0.15, 0.2) is 53.7 Å². The van der Waals surface area contributed by atoms with Crippen LogP contribution in [0, 0.1) is 13.8 Å². The second-order valence-electron chi connectivity index (χ2n) is 5.05. The third-order valence-electron chi connectivity index (χ3n) is 3.26. The zero-order chi connectivity index (χ0) is 15.8. The summed E-state index contributed by atoms with van der Waals surface area (Å²) in [6.07, 6.45) is 2.32. The van der Waals surface area contributed by atoms with Crippen LogP contribution >= 0.6 is 0 Å². The molecular weight excluding hydrogens is 278 g/mol. The molecule has 2 aromatic carbocycles. The minimum Gasteiger partial charge on any atom is -0.492 e. The molecule has 2 aromatic rings. The van der Waals surface area contributed by atoms with Crippen molar-refractivity contribution in [3.8, 4) is 5.75 Å². The van der Waals surface area contributed by atoms with Crippen LogP contribution in [0.2, 0.25) is 0 Å². The van der Waals surface area contributed by atoms with Gasteiger partial charge in [-0.1, -0.05) is 42.5 Å². The number of aldehydes is 1. The first kappa shape index (κ1) is 15.8. The van der Waals surface area contributed by atoms with Gasteiger partial charge in [0, 0.05) is 0 Å². The fourth-order valence-electron chi connectivity index (χ4n) is 1.96. The number of aryl methyl sites for hydroxylation is 2. The Labute approximate surface area is 130 Å². The molecule has 0 radical (unpaired) electrons. The van der Waals surface area contributed by atoms with Crippen LogP contribution in [0.3, 0.4) is 0 Å². The summed E-state index contributed by atoms with van der Waals surface area (Å²) in [4.78, 5) is 15.2. The second kappa shape index (κ2) is 7.98. The smallest absolute Gasteiger partial charge is 0.249 e. The highest BCUT2D eigenvalue weighted by Gasteiger charge is 2.11. The molecule has 1 aliphatic heterocycles. The third-order valence-corrected chi connectivity index (χ3v) is 3.26. The largest absolute Gasteiger partial charge is 0.492 e. The van der Waals surface area contributed by atoms with Crippen molar-refractivity contribution in [1.29, 1.82) is 0 Å². The Morgan fingerprint density at radius 3 is 2.45 bits per heavy atom. The molecule has 1 aliphatic rings.